The number of hydrogen-bond acceptors (Lipinski definition) is 5. The Balaban J connectivity index is 2.10. The Morgan fingerprint density at radius 3 is 3.06 bits per heavy atom. The van der Waals surface area contributed by atoms with Crippen molar-refractivity contribution in [3.63, 3.8) is 0 Å². The summed E-state index contributed by atoms with van der Waals surface area (Å²) in [4.78, 5) is 8.42. The van der Waals surface area contributed by atoms with Crippen molar-refractivity contribution >= 4 is 0 Å². The minimum absolute atomic E-state index is 0.643. The van der Waals surface area contributed by atoms with Gasteiger partial charge >= 0.3 is 0 Å². The van der Waals surface area contributed by atoms with Crippen molar-refractivity contribution in [2.45, 2.75) is 19.8 Å². The van der Waals surface area contributed by atoms with Crippen LogP contribution in [-0.4, -0.2) is 28.7 Å². The van der Waals surface area contributed by atoms with E-state index in [9.17, 15) is 0 Å². The third-order valence-corrected chi connectivity index (χ3v) is 2.55. The maximum Gasteiger partial charge on any atom is 0.227 e. The minimum Gasteiger partial charge on any atom is -0.339 e. The van der Waals surface area contributed by atoms with Crippen molar-refractivity contribution in [1.29, 1.82) is 0 Å². The van der Waals surface area contributed by atoms with Crippen LogP contribution in [0.2, 0.25) is 0 Å². The van der Waals surface area contributed by atoms with Gasteiger partial charge in [-0.3, -0.25) is 4.98 Å². The Morgan fingerprint density at radius 2 is 2.29 bits per heavy atom. The maximum atomic E-state index is 5.21. The van der Waals surface area contributed by atoms with Gasteiger partial charge in [0.05, 0.1) is 0 Å². The number of nitrogens with one attached hydrogen (secondary N) is 1. The Bertz CT molecular complexity index is 481. The van der Waals surface area contributed by atoms with E-state index in [-0.39, 0.29) is 0 Å². The summed E-state index contributed by atoms with van der Waals surface area (Å²) in [5.74, 6) is 1.33. The van der Waals surface area contributed by atoms with Crippen LogP contribution in [0.4, 0.5) is 0 Å². The molecule has 5 heteroatoms. The first kappa shape index (κ1) is 11.7. The maximum absolute atomic E-state index is 5.21. The predicted molar refractivity (Wildman–Crippen MR) is 64.5 cm³/mol. The third-order valence-electron chi connectivity index (χ3n) is 2.55. The van der Waals surface area contributed by atoms with Gasteiger partial charge in [0, 0.05) is 24.4 Å². The smallest absolute Gasteiger partial charge is 0.227 e. The summed E-state index contributed by atoms with van der Waals surface area (Å²) in [5, 5.41) is 7.08. The molecular formula is C12H16N4O. The van der Waals surface area contributed by atoms with Gasteiger partial charge in [0.2, 0.25) is 11.7 Å². The molecule has 0 aliphatic carbocycles. The molecule has 0 spiro atoms. The van der Waals surface area contributed by atoms with Crippen molar-refractivity contribution < 1.29 is 4.52 Å². The quantitative estimate of drug-likeness (QED) is 0.793. The summed E-state index contributed by atoms with van der Waals surface area (Å²) in [6.45, 7) is 2.94. The molecule has 0 bridgehead atoms. The molecule has 0 unspecified atom stereocenters. The first-order chi connectivity index (χ1) is 8.31. The van der Waals surface area contributed by atoms with Crippen LogP contribution in [0.5, 0.6) is 0 Å². The van der Waals surface area contributed by atoms with E-state index < -0.39 is 0 Å². The highest BCUT2D eigenvalue weighted by molar-refractivity contribution is 5.57. The molecule has 2 rings (SSSR count). The van der Waals surface area contributed by atoms with E-state index in [4.69, 9.17) is 4.52 Å². The average molecular weight is 232 g/mol. The van der Waals surface area contributed by atoms with E-state index in [0.717, 1.165) is 30.5 Å². The molecule has 0 fully saturated rings. The van der Waals surface area contributed by atoms with Crippen LogP contribution in [-0.2, 0) is 6.42 Å². The Hall–Kier alpha value is -1.75. The van der Waals surface area contributed by atoms with Gasteiger partial charge in [0.25, 0.3) is 0 Å². The molecule has 2 heterocycles. The van der Waals surface area contributed by atoms with Gasteiger partial charge in [0.1, 0.15) is 0 Å². The van der Waals surface area contributed by atoms with Crippen LogP contribution >= 0.6 is 0 Å². The Kier molecular flexibility index (Phi) is 3.82. The first-order valence-corrected chi connectivity index (χ1v) is 5.69. The number of pyridine rings is 1. The highest BCUT2D eigenvalue weighted by Gasteiger charge is 2.10. The molecular weight excluding hydrogens is 216 g/mol. The molecule has 0 aliphatic heterocycles. The van der Waals surface area contributed by atoms with Crippen molar-refractivity contribution in [3.8, 4) is 11.4 Å². The first-order valence-electron chi connectivity index (χ1n) is 5.69. The number of nitrogens with zero attached hydrogens (tertiary/aromatic N) is 3. The minimum atomic E-state index is 0.643. The highest BCUT2D eigenvalue weighted by atomic mass is 16.5. The molecule has 1 N–H and O–H groups in total. The third kappa shape index (κ3) is 2.88. The van der Waals surface area contributed by atoms with Crippen LogP contribution in [0.1, 0.15) is 17.9 Å². The fourth-order valence-corrected chi connectivity index (χ4v) is 1.61. The van der Waals surface area contributed by atoms with Gasteiger partial charge in [-0.2, -0.15) is 4.98 Å². The van der Waals surface area contributed by atoms with Crippen molar-refractivity contribution in [2.24, 2.45) is 0 Å². The second-order valence-corrected chi connectivity index (χ2v) is 3.91. The van der Waals surface area contributed by atoms with Gasteiger partial charge in [-0.15, -0.1) is 0 Å². The summed E-state index contributed by atoms with van der Waals surface area (Å²) in [6.07, 6.45) is 5.33. The molecule has 17 heavy (non-hydrogen) atoms. The summed E-state index contributed by atoms with van der Waals surface area (Å²) in [7, 11) is 1.93. The molecule has 0 saturated heterocycles. The fraction of sp³-hybridized carbons (Fsp3) is 0.417. The zero-order valence-electron chi connectivity index (χ0n) is 10.1. The molecule has 0 aromatic carbocycles. The number of rotatable bonds is 5. The van der Waals surface area contributed by atoms with Gasteiger partial charge in [-0.1, -0.05) is 5.16 Å². The zero-order chi connectivity index (χ0) is 12.1. The molecule has 0 aliphatic rings. The lowest BCUT2D eigenvalue weighted by atomic mass is 10.1. The average Bonchev–Trinajstić information content (AvgIpc) is 2.79. The lowest BCUT2D eigenvalue weighted by Crippen LogP contribution is -2.08. The van der Waals surface area contributed by atoms with Gasteiger partial charge in [-0.25, -0.2) is 0 Å². The van der Waals surface area contributed by atoms with E-state index in [2.05, 4.69) is 20.4 Å². The second-order valence-electron chi connectivity index (χ2n) is 3.91. The topological polar surface area (TPSA) is 63.8 Å². The molecule has 5 nitrogen and oxygen atoms in total. The standard InChI is InChI=1S/C12H16N4O/c1-9-8-14-7-5-10(9)12-15-11(17-16-12)4-3-6-13-2/h5,7-8,13H,3-4,6H2,1-2H3. The molecule has 0 radical (unpaired) electrons. The number of aromatic nitrogens is 3. The summed E-state index contributed by atoms with van der Waals surface area (Å²) in [5.41, 5.74) is 2.03. The number of hydrogen-bond donors (Lipinski definition) is 1. The van der Waals surface area contributed by atoms with Crippen LogP contribution in [0.15, 0.2) is 23.0 Å². The largest absolute Gasteiger partial charge is 0.339 e. The lowest BCUT2D eigenvalue weighted by molar-refractivity contribution is 0.375. The van der Waals surface area contributed by atoms with Crippen LogP contribution < -0.4 is 5.32 Å². The molecule has 0 amide bonds. The zero-order valence-corrected chi connectivity index (χ0v) is 10.1. The van der Waals surface area contributed by atoms with Gasteiger partial charge in [0.15, 0.2) is 0 Å². The van der Waals surface area contributed by atoms with E-state index >= 15 is 0 Å². The monoisotopic (exact) mass is 232 g/mol. The van der Waals surface area contributed by atoms with E-state index in [1.807, 2.05) is 20.0 Å². The predicted octanol–water partition coefficient (Wildman–Crippen LogP) is 1.59. The van der Waals surface area contributed by atoms with Crippen molar-refractivity contribution in [3.05, 3.63) is 29.9 Å². The van der Waals surface area contributed by atoms with Crippen LogP contribution in [0, 0.1) is 6.92 Å². The summed E-state index contributed by atoms with van der Waals surface area (Å²) < 4.78 is 5.21. The van der Waals surface area contributed by atoms with E-state index in [0.29, 0.717) is 11.7 Å². The fourth-order valence-electron chi connectivity index (χ4n) is 1.61. The van der Waals surface area contributed by atoms with E-state index in [1.165, 1.54) is 0 Å². The van der Waals surface area contributed by atoms with Gasteiger partial charge in [-0.05, 0) is 38.6 Å². The molecule has 0 saturated carbocycles. The molecule has 2 aromatic heterocycles. The van der Waals surface area contributed by atoms with Gasteiger partial charge < -0.3 is 9.84 Å². The lowest BCUT2D eigenvalue weighted by Gasteiger charge is -1.97. The summed E-state index contributed by atoms with van der Waals surface area (Å²) in [6, 6.07) is 1.90. The van der Waals surface area contributed by atoms with Crippen LogP contribution in [0.25, 0.3) is 11.4 Å². The summed E-state index contributed by atoms with van der Waals surface area (Å²) >= 11 is 0. The normalized spacial score (nSPS) is 10.7. The van der Waals surface area contributed by atoms with Crippen molar-refractivity contribution in [2.75, 3.05) is 13.6 Å². The molecule has 90 valence electrons. The van der Waals surface area contributed by atoms with Crippen LogP contribution in [0.3, 0.4) is 0 Å². The Labute approximate surface area is 100 Å². The second kappa shape index (κ2) is 5.54. The highest BCUT2D eigenvalue weighted by Crippen LogP contribution is 2.19. The Morgan fingerprint density at radius 1 is 1.41 bits per heavy atom. The van der Waals surface area contributed by atoms with Crippen molar-refractivity contribution in [1.82, 2.24) is 20.4 Å². The number of aryl methyl sites for hydroxylation is 2. The van der Waals surface area contributed by atoms with E-state index in [1.54, 1.807) is 12.4 Å². The molecule has 2 aromatic rings. The molecule has 0 atom stereocenters. The SMILES string of the molecule is CNCCCc1nc(-c2ccncc2C)no1.